The number of aromatic nitrogens is 1. The van der Waals surface area contributed by atoms with Crippen LogP contribution in [-0.4, -0.2) is 46.1 Å². The van der Waals surface area contributed by atoms with Crippen LogP contribution in [0.15, 0.2) is 42.6 Å². The van der Waals surface area contributed by atoms with Crippen LogP contribution in [0.1, 0.15) is 22.5 Å². The first-order chi connectivity index (χ1) is 12.0. The summed E-state index contributed by atoms with van der Waals surface area (Å²) < 4.78 is 26.9. The molecule has 25 heavy (non-hydrogen) atoms. The maximum absolute atomic E-state index is 13.7. The summed E-state index contributed by atoms with van der Waals surface area (Å²) in [5.74, 6) is -2.20. The minimum atomic E-state index is -0.793. The Hall–Kier alpha value is -2.38. The average Bonchev–Trinajstić information content (AvgIpc) is 2.60. The van der Waals surface area contributed by atoms with Gasteiger partial charge >= 0.3 is 0 Å². The lowest BCUT2D eigenvalue weighted by Gasteiger charge is -2.36. The first kappa shape index (κ1) is 17.4. The van der Waals surface area contributed by atoms with Crippen LogP contribution in [0.25, 0.3) is 0 Å². The predicted octanol–water partition coefficient (Wildman–Crippen LogP) is 1.72. The number of benzene rings is 1. The molecule has 1 aliphatic rings. The van der Waals surface area contributed by atoms with Crippen LogP contribution in [0.3, 0.4) is 0 Å². The van der Waals surface area contributed by atoms with E-state index in [9.17, 15) is 18.7 Å². The van der Waals surface area contributed by atoms with E-state index >= 15 is 0 Å². The number of likely N-dealkylation sites (tertiary alicyclic amines) is 1. The highest BCUT2D eigenvalue weighted by Crippen LogP contribution is 2.16. The average molecular weight is 347 g/mol. The fourth-order valence-electron chi connectivity index (χ4n) is 2.95. The van der Waals surface area contributed by atoms with Gasteiger partial charge in [-0.3, -0.25) is 14.7 Å². The first-order valence-corrected chi connectivity index (χ1v) is 8.09. The van der Waals surface area contributed by atoms with Crippen LogP contribution in [0.5, 0.6) is 0 Å². The van der Waals surface area contributed by atoms with Gasteiger partial charge in [0.1, 0.15) is 11.6 Å². The number of piperidine rings is 1. The molecule has 2 aromatic rings. The Bertz CT molecular complexity index is 742. The Morgan fingerprint density at radius 3 is 2.88 bits per heavy atom. The second-order valence-electron chi connectivity index (χ2n) is 6.12. The van der Waals surface area contributed by atoms with E-state index in [4.69, 9.17) is 0 Å². The van der Waals surface area contributed by atoms with Crippen molar-refractivity contribution in [2.75, 3.05) is 13.1 Å². The third kappa shape index (κ3) is 4.37. The largest absolute Gasteiger partial charge is 0.390 e. The van der Waals surface area contributed by atoms with Crippen molar-refractivity contribution in [3.8, 4) is 0 Å². The number of aliphatic hydroxyl groups is 1. The Morgan fingerprint density at radius 1 is 1.32 bits per heavy atom. The van der Waals surface area contributed by atoms with Gasteiger partial charge in [0.15, 0.2) is 0 Å². The molecule has 1 aliphatic heterocycles. The van der Waals surface area contributed by atoms with Crippen molar-refractivity contribution in [3.05, 3.63) is 65.5 Å². The summed E-state index contributed by atoms with van der Waals surface area (Å²) in [5, 5.41) is 12.9. The zero-order valence-corrected chi connectivity index (χ0v) is 13.5. The van der Waals surface area contributed by atoms with Crippen LogP contribution in [0, 0.1) is 11.6 Å². The minimum Gasteiger partial charge on any atom is -0.390 e. The zero-order valence-electron chi connectivity index (χ0n) is 13.5. The van der Waals surface area contributed by atoms with Crippen molar-refractivity contribution in [2.45, 2.75) is 25.1 Å². The molecule has 1 saturated heterocycles. The van der Waals surface area contributed by atoms with E-state index in [1.165, 1.54) is 0 Å². The fraction of sp³-hybridized carbons (Fsp3) is 0.333. The lowest BCUT2D eigenvalue weighted by Crippen LogP contribution is -2.53. The number of aliphatic hydroxyl groups excluding tert-OH is 1. The molecule has 0 unspecified atom stereocenters. The molecule has 1 aromatic heterocycles. The summed E-state index contributed by atoms with van der Waals surface area (Å²) in [5.41, 5.74) is 0.544. The minimum absolute atomic E-state index is 0.358. The summed E-state index contributed by atoms with van der Waals surface area (Å²) in [7, 11) is 0. The second-order valence-corrected chi connectivity index (χ2v) is 6.12. The lowest BCUT2D eigenvalue weighted by molar-refractivity contribution is 0.0344. The molecule has 0 aliphatic carbocycles. The van der Waals surface area contributed by atoms with Gasteiger partial charge in [-0.15, -0.1) is 0 Å². The van der Waals surface area contributed by atoms with E-state index in [1.807, 2.05) is 23.1 Å². The van der Waals surface area contributed by atoms with Gasteiger partial charge in [0.25, 0.3) is 5.91 Å². The van der Waals surface area contributed by atoms with Crippen LogP contribution in [0.4, 0.5) is 8.78 Å². The molecule has 0 bridgehead atoms. The highest BCUT2D eigenvalue weighted by molar-refractivity contribution is 5.94. The quantitative estimate of drug-likeness (QED) is 0.884. The molecule has 0 saturated carbocycles. The zero-order chi connectivity index (χ0) is 17.8. The molecule has 2 N–H and O–H groups in total. The summed E-state index contributed by atoms with van der Waals surface area (Å²) in [6.07, 6.45) is 1.43. The molecule has 132 valence electrons. The Morgan fingerprint density at radius 2 is 2.16 bits per heavy atom. The molecule has 7 heteroatoms. The van der Waals surface area contributed by atoms with Crippen LogP contribution in [-0.2, 0) is 6.54 Å². The molecule has 1 fully saturated rings. The summed E-state index contributed by atoms with van der Waals surface area (Å²) in [6, 6.07) is 7.87. The highest BCUT2D eigenvalue weighted by Gasteiger charge is 2.29. The number of carbonyl (C=O) groups excluding carboxylic acids is 1. The normalized spacial score (nSPS) is 21.1. The lowest BCUT2D eigenvalue weighted by atomic mass is 10.0. The monoisotopic (exact) mass is 347 g/mol. The van der Waals surface area contributed by atoms with E-state index in [2.05, 4.69) is 10.3 Å². The molecule has 2 atom stereocenters. The molecule has 2 heterocycles. The molecule has 0 spiro atoms. The third-order valence-corrected chi connectivity index (χ3v) is 4.27. The van der Waals surface area contributed by atoms with Crippen molar-refractivity contribution in [2.24, 2.45) is 0 Å². The van der Waals surface area contributed by atoms with Gasteiger partial charge in [-0.2, -0.15) is 0 Å². The van der Waals surface area contributed by atoms with Gasteiger partial charge in [-0.25, -0.2) is 8.78 Å². The molecular weight excluding hydrogens is 328 g/mol. The molecule has 1 aromatic carbocycles. The number of β-amino-alcohol motifs (C(OH)–C–C–N with tert-alkyl or cyclic N) is 1. The highest BCUT2D eigenvalue weighted by atomic mass is 19.1. The Balaban J connectivity index is 1.58. The van der Waals surface area contributed by atoms with Gasteiger partial charge in [-0.05, 0) is 36.8 Å². The topological polar surface area (TPSA) is 65.5 Å². The van der Waals surface area contributed by atoms with E-state index in [1.54, 1.807) is 6.20 Å². The van der Waals surface area contributed by atoms with E-state index < -0.39 is 29.7 Å². The number of nitrogens with one attached hydrogen (secondary N) is 1. The summed E-state index contributed by atoms with van der Waals surface area (Å²) in [4.78, 5) is 18.4. The number of amides is 1. The van der Waals surface area contributed by atoms with Crippen molar-refractivity contribution in [3.63, 3.8) is 0 Å². The van der Waals surface area contributed by atoms with Gasteiger partial charge in [0, 0.05) is 25.8 Å². The van der Waals surface area contributed by atoms with E-state index in [0.717, 1.165) is 23.9 Å². The Labute approximate surface area is 144 Å². The van der Waals surface area contributed by atoms with Crippen molar-refractivity contribution in [1.82, 2.24) is 15.2 Å². The van der Waals surface area contributed by atoms with Gasteiger partial charge in [0.05, 0.1) is 23.4 Å². The number of pyridine rings is 1. The van der Waals surface area contributed by atoms with Crippen LogP contribution in [0.2, 0.25) is 0 Å². The van der Waals surface area contributed by atoms with Crippen LogP contribution >= 0.6 is 0 Å². The number of rotatable bonds is 4. The molecule has 3 rings (SSSR count). The number of hydrogen-bond donors (Lipinski definition) is 2. The van der Waals surface area contributed by atoms with Gasteiger partial charge in [-0.1, -0.05) is 6.07 Å². The molecule has 0 radical (unpaired) electrons. The first-order valence-electron chi connectivity index (χ1n) is 8.09. The number of nitrogens with zero attached hydrogens (tertiary/aromatic N) is 2. The van der Waals surface area contributed by atoms with E-state index in [-0.39, 0.29) is 5.56 Å². The van der Waals surface area contributed by atoms with Gasteiger partial charge in [0.2, 0.25) is 0 Å². The predicted molar refractivity (Wildman–Crippen MR) is 87.8 cm³/mol. The van der Waals surface area contributed by atoms with Crippen molar-refractivity contribution >= 4 is 5.91 Å². The molecular formula is C18H19F2N3O2. The summed E-state index contributed by atoms with van der Waals surface area (Å²) >= 11 is 0. The van der Waals surface area contributed by atoms with Crippen molar-refractivity contribution in [1.29, 1.82) is 0 Å². The van der Waals surface area contributed by atoms with Gasteiger partial charge < -0.3 is 10.4 Å². The van der Waals surface area contributed by atoms with E-state index in [0.29, 0.717) is 26.1 Å². The third-order valence-electron chi connectivity index (χ3n) is 4.27. The second kappa shape index (κ2) is 7.67. The maximum atomic E-state index is 13.7. The maximum Gasteiger partial charge on any atom is 0.254 e. The number of hydrogen-bond acceptors (Lipinski definition) is 4. The fourth-order valence-corrected chi connectivity index (χ4v) is 2.95. The number of halogens is 2. The number of carbonyl (C=O) groups is 1. The SMILES string of the molecule is O=C(N[C@H]1CCN(Cc2ccccn2)C[C@@H]1O)c1cc(F)ccc1F. The Kier molecular flexibility index (Phi) is 5.35. The molecule has 5 nitrogen and oxygen atoms in total. The standard InChI is InChI=1S/C18H19F2N3O2/c19-12-4-5-15(20)14(9-12)18(25)22-16-6-8-23(11-17(16)24)10-13-3-1-2-7-21-13/h1-5,7,9,16-17,24H,6,8,10-11H2,(H,22,25)/t16-,17-/m0/s1. The van der Waals surface area contributed by atoms with Crippen LogP contribution < -0.4 is 5.32 Å². The van der Waals surface area contributed by atoms with Crippen molar-refractivity contribution < 1.29 is 18.7 Å². The molecule has 1 amide bonds. The smallest absolute Gasteiger partial charge is 0.254 e. The summed E-state index contributed by atoms with van der Waals surface area (Å²) in [6.45, 7) is 1.63.